The van der Waals surface area contributed by atoms with Gasteiger partial charge in [0.1, 0.15) is 12.3 Å². The molecular weight excluding hydrogens is 443 g/mol. The standard InChI is InChI=1S/C25H24F3N5O/c1-2-34-31-24(18-4-5-20(26)21(27)9-18)22-6-3-17(11-30-22)12-32-13-25(14-32)15-33(16-25)19-7-8-29-23(28)10-19/h3-11H,2,12-16H2,1H3/b31-24+. The average Bonchev–Trinajstić information content (AvgIpc) is 2.78. The Kier molecular flexibility index (Phi) is 5.95. The Morgan fingerprint density at radius 2 is 1.82 bits per heavy atom. The fourth-order valence-electron chi connectivity index (χ4n) is 4.69. The predicted octanol–water partition coefficient (Wildman–Crippen LogP) is 4.01. The first kappa shape index (κ1) is 22.3. The van der Waals surface area contributed by atoms with Crippen molar-refractivity contribution in [2.24, 2.45) is 10.6 Å². The highest BCUT2D eigenvalue weighted by Gasteiger charge is 2.51. The van der Waals surface area contributed by atoms with E-state index in [-0.39, 0.29) is 5.41 Å². The minimum absolute atomic E-state index is 0.261. The number of pyridine rings is 2. The minimum atomic E-state index is -0.950. The Bertz CT molecular complexity index is 1200. The smallest absolute Gasteiger partial charge is 0.214 e. The van der Waals surface area contributed by atoms with E-state index in [0.717, 1.165) is 56.1 Å². The molecule has 6 nitrogen and oxygen atoms in total. The van der Waals surface area contributed by atoms with Crippen LogP contribution in [0.4, 0.5) is 18.9 Å². The van der Waals surface area contributed by atoms with Crippen LogP contribution in [0.2, 0.25) is 0 Å². The third-order valence-corrected chi connectivity index (χ3v) is 6.20. The zero-order valence-electron chi connectivity index (χ0n) is 18.7. The lowest BCUT2D eigenvalue weighted by molar-refractivity contribution is -0.0274. The summed E-state index contributed by atoms with van der Waals surface area (Å²) in [5, 5.41) is 4.07. The highest BCUT2D eigenvalue weighted by molar-refractivity contribution is 6.11. The monoisotopic (exact) mass is 467 g/mol. The van der Waals surface area contributed by atoms with E-state index in [1.165, 1.54) is 18.3 Å². The summed E-state index contributed by atoms with van der Waals surface area (Å²) in [5.41, 5.74) is 3.44. The number of aromatic nitrogens is 2. The second-order valence-electron chi connectivity index (χ2n) is 8.88. The predicted molar refractivity (Wildman–Crippen MR) is 122 cm³/mol. The number of rotatable bonds is 7. The number of oxime groups is 1. The number of halogens is 3. The van der Waals surface area contributed by atoms with Crippen molar-refractivity contribution < 1.29 is 18.0 Å². The van der Waals surface area contributed by atoms with Crippen LogP contribution in [-0.2, 0) is 11.4 Å². The van der Waals surface area contributed by atoms with E-state index in [9.17, 15) is 13.2 Å². The zero-order chi connectivity index (χ0) is 23.7. The molecule has 0 bridgehead atoms. The van der Waals surface area contributed by atoms with E-state index >= 15 is 0 Å². The summed E-state index contributed by atoms with van der Waals surface area (Å²) in [4.78, 5) is 17.8. The van der Waals surface area contributed by atoms with Gasteiger partial charge in [-0.05, 0) is 42.8 Å². The minimum Gasteiger partial charge on any atom is -0.396 e. The first-order chi connectivity index (χ1) is 16.4. The van der Waals surface area contributed by atoms with Crippen LogP contribution in [0.1, 0.15) is 23.7 Å². The van der Waals surface area contributed by atoms with Gasteiger partial charge in [-0.1, -0.05) is 11.2 Å². The number of nitrogens with zero attached hydrogens (tertiary/aromatic N) is 5. The van der Waals surface area contributed by atoms with Gasteiger partial charge in [0.25, 0.3) is 0 Å². The van der Waals surface area contributed by atoms with E-state index in [1.807, 2.05) is 18.2 Å². The fraction of sp³-hybridized carbons (Fsp3) is 0.320. The Morgan fingerprint density at radius 1 is 1.00 bits per heavy atom. The maximum atomic E-state index is 13.7. The number of likely N-dealkylation sites (tertiary alicyclic amines) is 1. The van der Waals surface area contributed by atoms with Crippen LogP contribution < -0.4 is 4.90 Å². The zero-order valence-corrected chi connectivity index (χ0v) is 18.7. The number of hydrogen-bond donors (Lipinski definition) is 0. The molecule has 0 unspecified atom stereocenters. The van der Waals surface area contributed by atoms with Crippen LogP contribution in [0.5, 0.6) is 0 Å². The maximum absolute atomic E-state index is 13.7. The summed E-state index contributed by atoms with van der Waals surface area (Å²) in [7, 11) is 0. The molecule has 176 valence electrons. The molecule has 1 spiro atoms. The second-order valence-corrected chi connectivity index (χ2v) is 8.88. The number of hydrogen-bond acceptors (Lipinski definition) is 6. The van der Waals surface area contributed by atoms with Crippen molar-refractivity contribution >= 4 is 11.4 Å². The number of benzene rings is 1. The quantitative estimate of drug-likeness (QED) is 0.299. The first-order valence-electron chi connectivity index (χ1n) is 11.1. The Hall–Kier alpha value is -3.46. The Labute approximate surface area is 195 Å². The van der Waals surface area contributed by atoms with Crippen molar-refractivity contribution in [3.63, 3.8) is 0 Å². The van der Waals surface area contributed by atoms with Gasteiger partial charge >= 0.3 is 0 Å². The molecule has 1 aromatic carbocycles. The molecule has 5 rings (SSSR count). The van der Waals surface area contributed by atoms with Gasteiger partial charge in [-0.25, -0.2) is 13.8 Å². The van der Waals surface area contributed by atoms with Crippen molar-refractivity contribution in [3.05, 3.63) is 89.3 Å². The lowest BCUT2D eigenvalue weighted by atomic mass is 9.72. The molecule has 2 aliphatic rings. The molecule has 9 heteroatoms. The first-order valence-corrected chi connectivity index (χ1v) is 11.1. The third-order valence-electron chi connectivity index (χ3n) is 6.20. The topological polar surface area (TPSA) is 53.9 Å². The molecule has 0 saturated carbocycles. The SMILES string of the molecule is CCO/N=C(\c1ccc(F)c(F)c1)c1ccc(CN2CC3(C2)CN(c2ccnc(F)c2)C3)cn1. The Balaban J connectivity index is 1.20. The van der Waals surface area contributed by atoms with Gasteiger partial charge in [0, 0.05) is 67.8 Å². The molecule has 2 fully saturated rings. The van der Waals surface area contributed by atoms with Crippen molar-refractivity contribution in [2.75, 3.05) is 37.7 Å². The van der Waals surface area contributed by atoms with Crippen LogP contribution >= 0.6 is 0 Å². The van der Waals surface area contributed by atoms with E-state index < -0.39 is 17.6 Å². The van der Waals surface area contributed by atoms with Gasteiger partial charge < -0.3 is 9.74 Å². The van der Waals surface area contributed by atoms with Gasteiger partial charge in [0.05, 0.1) is 5.69 Å². The fourth-order valence-corrected chi connectivity index (χ4v) is 4.69. The van der Waals surface area contributed by atoms with Gasteiger partial charge in [0.15, 0.2) is 11.6 Å². The molecule has 2 aromatic heterocycles. The summed E-state index contributed by atoms with van der Waals surface area (Å²) in [6.45, 7) is 6.68. The van der Waals surface area contributed by atoms with E-state index in [2.05, 4.69) is 24.9 Å². The molecule has 3 aromatic rings. The highest BCUT2D eigenvalue weighted by Crippen LogP contribution is 2.42. The van der Waals surface area contributed by atoms with Crippen LogP contribution in [0.3, 0.4) is 0 Å². The van der Waals surface area contributed by atoms with Crippen LogP contribution in [0.15, 0.2) is 60.0 Å². The molecule has 0 N–H and O–H groups in total. The molecule has 0 aliphatic carbocycles. The lowest BCUT2D eigenvalue weighted by Gasteiger charge is -2.61. The maximum Gasteiger partial charge on any atom is 0.214 e. The van der Waals surface area contributed by atoms with Crippen LogP contribution in [-0.4, -0.2) is 53.4 Å². The van der Waals surface area contributed by atoms with Gasteiger partial charge in [0.2, 0.25) is 5.95 Å². The van der Waals surface area contributed by atoms with Crippen molar-refractivity contribution in [1.29, 1.82) is 0 Å². The molecule has 0 atom stereocenters. The molecule has 34 heavy (non-hydrogen) atoms. The summed E-state index contributed by atoms with van der Waals surface area (Å²) in [6.07, 6.45) is 3.27. The van der Waals surface area contributed by atoms with E-state index in [4.69, 9.17) is 4.84 Å². The van der Waals surface area contributed by atoms with E-state index in [0.29, 0.717) is 23.6 Å². The number of anilines is 1. The van der Waals surface area contributed by atoms with Gasteiger partial charge in [-0.2, -0.15) is 4.39 Å². The summed E-state index contributed by atoms with van der Waals surface area (Å²) in [6, 6.07) is 10.7. The molecular formula is C25H24F3N5O. The van der Waals surface area contributed by atoms with Crippen molar-refractivity contribution in [1.82, 2.24) is 14.9 Å². The summed E-state index contributed by atoms with van der Waals surface area (Å²) in [5.74, 6) is -2.32. The van der Waals surface area contributed by atoms with Crippen LogP contribution in [0, 0.1) is 23.0 Å². The molecule has 0 amide bonds. The molecule has 0 radical (unpaired) electrons. The van der Waals surface area contributed by atoms with Crippen molar-refractivity contribution in [3.8, 4) is 0 Å². The van der Waals surface area contributed by atoms with Crippen LogP contribution in [0.25, 0.3) is 0 Å². The lowest BCUT2D eigenvalue weighted by Crippen LogP contribution is -2.71. The average molecular weight is 467 g/mol. The van der Waals surface area contributed by atoms with E-state index in [1.54, 1.807) is 13.1 Å². The van der Waals surface area contributed by atoms with Gasteiger partial charge in [-0.3, -0.25) is 9.88 Å². The molecule has 4 heterocycles. The second kappa shape index (κ2) is 9.06. The third kappa shape index (κ3) is 4.48. The summed E-state index contributed by atoms with van der Waals surface area (Å²) < 4.78 is 40.5. The highest BCUT2D eigenvalue weighted by atomic mass is 19.2. The van der Waals surface area contributed by atoms with Crippen molar-refractivity contribution in [2.45, 2.75) is 13.5 Å². The van der Waals surface area contributed by atoms with Gasteiger partial charge in [-0.15, -0.1) is 0 Å². The normalized spacial score (nSPS) is 17.4. The largest absolute Gasteiger partial charge is 0.396 e. The molecule has 2 aliphatic heterocycles. The summed E-state index contributed by atoms with van der Waals surface area (Å²) >= 11 is 0. The molecule has 2 saturated heterocycles. The Morgan fingerprint density at radius 3 is 2.50 bits per heavy atom.